The topological polar surface area (TPSA) is 50.1 Å². The Kier molecular flexibility index (Phi) is 4.72. The van der Waals surface area contributed by atoms with Crippen molar-refractivity contribution in [3.63, 3.8) is 0 Å². The van der Waals surface area contributed by atoms with Crippen LogP contribution < -0.4 is 0 Å². The van der Waals surface area contributed by atoms with Gasteiger partial charge in [-0.3, -0.25) is 0 Å². The van der Waals surface area contributed by atoms with Gasteiger partial charge in [-0.15, -0.1) is 11.8 Å². The summed E-state index contributed by atoms with van der Waals surface area (Å²) in [5.41, 5.74) is 0.527. The smallest absolute Gasteiger partial charge is 0.339 e. The first-order valence-electron chi connectivity index (χ1n) is 4.55. The van der Waals surface area contributed by atoms with Gasteiger partial charge < -0.3 is 4.74 Å². The number of rotatable bonds is 4. The van der Waals surface area contributed by atoms with Gasteiger partial charge in [-0.2, -0.15) is 5.26 Å². The summed E-state index contributed by atoms with van der Waals surface area (Å²) in [6, 6.07) is 9.16. The van der Waals surface area contributed by atoms with Crippen LogP contribution in [0, 0.1) is 11.3 Å². The minimum Gasteiger partial charge on any atom is -0.462 e. The van der Waals surface area contributed by atoms with Gasteiger partial charge in [0.1, 0.15) is 0 Å². The Morgan fingerprint density at radius 1 is 1.53 bits per heavy atom. The zero-order chi connectivity index (χ0) is 11.1. The molecule has 1 aromatic rings. The summed E-state index contributed by atoms with van der Waals surface area (Å²) in [5, 5.41) is 8.47. The number of thioether (sulfide) groups is 1. The molecule has 0 aliphatic heterocycles. The molecule has 0 heterocycles. The predicted molar refractivity (Wildman–Crippen MR) is 58.7 cm³/mol. The number of nitriles is 1. The molecule has 4 heteroatoms. The van der Waals surface area contributed by atoms with Gasteiger partial charge in [-0.25, -0.2) is 4.79 Å². The Labute approximate surface area is 93.0 Å². The molecular formula is C11H11NO2S. The molecule has 0 radical (unpaired) electrons. The van der Waals surface area contributed by atoms with E-state index in [2.05, 4.69) is 0 Å². The third-order valence-corrected chi connectivity index (χ3v) is 2.62. The molecule has 1 aromatic carbocycles. The van der Waals surface area contributed by atoms with Crippen molar-refractivity contribution in [1.29, 1.82) is 5.26 Å². The van der Waals surface area contributed by atoms with Gasteiger partial charge in [-0.05, 0) is 19.1 Å². The SMILES string of the molecule is CCOC(=O)c1ccccc1SCC#N. The van der Waals surface area contributed by atoms with Gasteiger partial charge >= 0.3 is 5.97 Å². The van der Waals surface area contributed by atoms with Crippen molar-refractivity contribution in [1.82, 2.24) is 0 Å². The van der Waals surface area contributed by atoms with Gasteiger partial charge in [0.05, 0.1) is 24.0 Å². The van der Waals surface area contributed by atoms with Crippen molar-refractivity contribution in [2.24, 2.45) is 0 Å². The van der Waals surface area contributed by atoms with Crippen LogP contribution >= 0.6 is 11.8 Å². The molecule has 0 saturated heterocycles. The monoisotopic (exact) mass is 221 g/mol. The molecule has 0 atom stereocenters. The molecule has 15 heavy (non-hydrogen) atoms. The van der Waals surface area contributed by atoms with E-state index in [9.17, 15) is 4.79 Å². The van der Waals surface area contributed by atoms with Gasteiger partial charge in [0.15, 0.2) is 0 Å². The van der Waals surface area contributed by atoms with E-state index in [1.807, 2.05) is 18.2 Å². The first kappa shape index (κ1) is 11.6. The van der Waals surface area contributed by atoms with E-state index in [0.29, 0.717) is 17.9 Å². The molecule has 0 aliphatic carbocycles. The number of hydrogen-bond donors (Lipinski definition) is 0. The average Bonchev–Trinajstić information content (AvgIpc) is 2.27. The molecule has 0 aliphatic rings. The van der Waals surface area contributed by atoms with Crippen LogP contribution in [-0.2, 0) is 4.74 Å². The maximum absolute atomic E-state index is 11.5. The standard InChI is InChI=1S/C11H11NO2S/c1-2-14-11(13)9-5-3-4-6-10(9)15-8-7-12/h3-6H,2,8H2,1H3. The molecule has 1 rings (SSSR count). The number of carbonyl (C=O) groups excluding carboxylic acids is 1. The van der Waals surface area contributed by atoms with Crippen LogP contribution in [-0.4, -0.2) is 18.3 Å². The van der Waals surface area contributed by atoms with Crippen LogP contribution in [0.15, 0.2) is 29.2 Å². The summed E-state index contributed by atoms with van der Waals surface area (Å²) in [6.07, 6.45) is 0. The first-order valence-corrected chi connectivity index (χ1v) is 5.54. The molecule has 0 fully saturated rings. The molecule has 3 nitrogen and oxygen atoms in total. The molecule has 0 unspecified atom stereocenters. The summed E-state index contributed by atoms with van der Waals surface area (Å²) >= 11 is 1.34. The molecule has 0 spiro atoms. The summed E-state index contributed by atoms with van der Waals surface area (Å²) in [5.74, 6) is -0.00491. The lowest BCUT2D eigenvalue weighted by Crippen LogP contribution is -2.05. The Hall–Kier alpha value is -1.47. The normalized spacial score (nSPS) is 9.33. The molecule has 0 bridgehead atoms. The second-order valence-electron chi connectivity index (χ2n) is 2.66. The van der Waals surface area contributed by atoms with Crippen molar-refractivity contribution in [2.75, 3.05) is 12.4 Å². The van der Waals surface area contributed by atoms with Crippen molar-refractivity contribution in [3.8, 4) is 6.07 Å². The second-order valence-corrected chi connectivity index (χ2v) is 3.68. The lowest BCUT2D eigenvalue weighted by molar-refractivity contribution is 0.0522. The summed E-state index contributed by atoms with van der Waals surface area (Å²) < 4.78 is 4.91. The van der Waals surface area contributed by atoms with Gasteiger partial charge in [0.2, 0.25) is 0 Å². The fraction of sp³-hybridized carbons (Fsp3) is 0.273. The van der Waals surface area contributed by atoms with Gasteiger partial charge in [0, 0.05) is 4.90 Å². The van der Waals surface area contributed by atoms with Crippen LogP contribution in [0.3, 0.4) is 0 Å². The first-order chi connectivity index (χ1) is 7.29. The van der Waals surface area contributed by atoms with E-state index >= 15 is 0 Å². The third kappa shape index (κ3) is 3.30. The Bertz CT molecular complexity index is 384. The molecule has 0 N–H and O–H groups in total. The van der Waals surface area contributed by atoms with Crippen LogP contribution in [0.4, 0.5) is 0 Å². The van der Waals surface area contributed by atoms with Crippen LogP contribution in [0.25, 0.3) is 0 Å². The number of benzene rings is 1. The highest BCUT2D eigenvalue weighted by molar-refractivity contribution is 7.99. The fourth-order valence-electron chi connectivity index (χ4n) is 1.08. The van der Waals surface area contributed by atoms with Crippen LogP contribution in [0.5, 0.6) is 0 Å². The summed E-state index contributed by atoms with van der Waals surface area (Å²) in [6.45, 7) is 2.12. The van der Waals surface area contributed by atoms with Crippen molar-refractivity contribution < 1.29 is 9.53 Å². The van der Waals surface area contributed by atoms with E-state index in [-0.39, 0.29) is 5.97 Å². The van der Waals surface area contributed by atoms with Gasteiger partial charge in [0.25, 0.3) is 0 Å². The number of ether oxygens (including phenoxy) is 1. The number of nitrogens with zero attached hydrogens (tertiary/aromatic N) is 1. The second kappa shape index (κ2) is 6.10. The molecule has 0 aromatic heterocycles. The van der Waals surface area contributed by atoms with Crippen molar-refractivity contribution in [2.45, 2.75) is 11.8 Å². The highest BCUT2D eigenvalue weighted by Crippen LogP contribution is 2.22. The van der Waals surface area contributed by atoms with Crippen LogP contribution in [0.1, 0.15) is 17.3 Å². The van der Waals surface area contributed by atoms with E-state index in [1.54, 1.807) is 19.1 Å². The number of esters is 1. The molecule has 0 amide bonds. The quantitative estimate of drug-likeness (QED) is 0.579. The minimum atomic E-state index is -0.335. The molecule has 0 saturated carbocycles. The zero-order valence-electron chi connectivity index (χ0n) is 8.40. The molecular weight excluding hydrogens is 210 g/mol. The largest absolute Gasteiger partial charge is 0.462 e. The fourth-order valence-corrected chi connectivity index (χ4v) is 1.78. The van der Waals surface area contributed by atoms with E-state index in [0.717, 1.165) is 4.90 Å². The third-order valence-electron chi connectivity index (χ3n) is 1.67. The molecule has 78 valence electrons. The van der Waals surface area contributed by atoms with E-state index in [4.69, 9.17) is 10.00 Å². The van der Waals surface area contributed by atoms with Crippen molar-refractivity contribution in [3.05, 3.63) is 29.8 Å². The van der Waals surface area contributed by atoms with Gasteiger partial charge in [-0.1, -0.05) is 12.1 Å². The van der Waals surface area contributed by atoms with Crippen molar-refractivity contribution >= 4 is 17.7 Å². The average molecular weight is 221 g/mol. The minimum absolute atomic E-state index is 0.330. The zero-order valence-corrected chi connectivity index (χ0v) is 9.21. The summed E-state index contributed by atoms with van der Waals surface area (Å²) in [4.78, 5) is 12.3. The highest BCUT2D eigenvalue weighted by Gasteiger charge is 2.11. The van der Waals surface area contributed by atoms with E-state index in [1.165, 1.54) is 11.8 Å². The lowest BCUT2D eigenvalue weighted by atomic mass is 10.2. The maximum Gasteiger partial charge on any atom is 0.339 e. The van der Waals surface area contributed by atoms with Crippen LogP contribution in [0.2, 0.25) is 0 Å². The Morgan fingerprint density at radius 2 is 2.27 bits per heavy atom. The summed E-state index contributed by atoms with van der Waals surface area (Å²) in [7, 11) is 0. The lowest BCUT2D eigenvalue weighted by Gasteiger charge is -2.06. The predicted octanol–water partition coefficient (Wildman–Crippen LogP) is 2.48. The Balaban J connectivity index is 2.86. The number of carbonyl (C=O) groups is 1. The van der Waals surface area contributed by atoms with E-state index < -0.39 is 0 Å². The highest BCUT2D eigenvalue weighted by atomic mass is 32.2. The maximum atomic E-state index is 11.5. The Morgan fingerprint density at radius 3 is 2.93 bits per heavy atom. The number of hydrogen-bond acceptors (Lipinski definition) is 4.